The number of pyridine rings is 1. The molecule has 0 radical (unpaired) electrons. The van der Waals surface area contributed by atoms with Crippen LogP contribution >= 0.6 is 0 Å². The molecule has 2 aromatic rings. The largest absolute Gasteiger partial charge is 0.381 e. The van der Waals surface area contributed by atoms with E-state index in [2.05, 4.69) is 4.98 Å². The zero-order valence-electron chi connectivity index (χ0n) is 11.8. The molecule has 1 amide bonds. The number of aromatic nitrogens is 1. The van der Waals surface area contributed by atoms with Crippen molar-refractivity contribution in [3.05, 3.63) is 60.4 Å². The van der Waals surface area contributed by atoms with Crippen molar-refractivity contribution in [2.45, 2.75) is 13.0 Å². The molecule has 4 nitrogen and oxygen atoms in total. The molecular weight excluding hydrogens is 264 g/mol. The van der Waals surface area contributed by atoms with Gasteiger partial charge in [-0.1, -0.05) is 24.3 Å². The highest BCUT2D eigenvalue weighted by Crippen LogP contribution is 2.23. The number of hydrogen-bond donors (Lipinski definition) is 0. The van der Waals surface area contributed by atoms with E-state index < -0.39 is 0 Å². The third kappa shape index (κ3) is 3.28. The van der Waals surface area contributed by atoms with E-state index in [-0.39, 0.29) is 11.8 Å². The van der Waals surface area contributed by atoms with Gasteiger partial charge in [-0.2, -0.15) is 0 Å². The molecule has 0 aliphatic carbocycles. The molecule has 0 spiro atoms. The summed E-state index contributed by atoms with van der Waals surface area (Å²) in [5, 5.41) is 0. The number of carbonyl (C=O) groups excluding carboxylic acids is 1. The molecule has 1 aliphatic rings. The molecule has 4 heteroatoms. The number of amides is 1. The Morgan fingerprint density at radius 2 is 2.10 bits per heavy atom. The predicted octanol–water partition coefficient (Wildman–Crippen LogP) is 2.65. The zero-order valence-corrected chi connectivity index (χ0v) is 11.8. The van der Waals surface area contributed by atoms with Gasteiger partial charge in [0.05, 0.1) is 19.1 Å². The topological polar surface area (TPSA) is 42.4 Å². The van der Waals surface area contributed by atoms with Crippen LogP contribution in [-0.2, 0) is 16.1 Å². The molecular formula is C17H18N2O2. The number of nitrogens with zero attached hydrogens (tertiary/aromatic N) is 2. The Morgan fingerprint density at radius 3 is 2.76 bits per heavy atom. The Morgan fingerprint density at radius 1 is 1.24 bits per heavy atom. The summed E-state index contributed by atoms with van der Waals surface area (Å²) in [5.74, 6) is 0.0874. The highest BCUT2D eigenvalue weighted by molar-refractivity contribution is 5.95. The Balaban J connectivity index is 1.85. The van der Waals surface area contributed by atoms with E-state index in [9.17, 15) is 4.79 Å². The van der Waals surface area contributed by atoms with E-state index in [0.29, 0.717) is 19.8 Å². The van der Waals surface area contributed by atoms with Crippen LogP contribution in [0, 0.1) is 5.92 Å². The molecule has 108 valence electrons. The normalized spacial score (nSPS) is 17.6. The van der Waals surface area contributed by atoms with Gasteiger partial charge in [0.1, 0.15) is 0 Å². The quantitative estimate of drug-likeness (QED) is 0.865. The van der Waals surface area contributed by atoms with Crippen LogP contribution < -0.4 is 4.90 Å². The van der Waals surface area contributed by atoms with Crippen LogP contribution in [0.25, 0.3) is 0 Å². The van der Waals surface area contributed by atoms with Crippen LogP contribution in [0.4, 0.5) is 5.69 Å². The lowest BCUT2D eigenvalue weighted by Gasteiger charge is -2.25. The SMILES string of the molecule is O=C([C@@H]1CCOC1)N(Cc1cccnc1)c1ccccc1. The van der Waals surface area contributed by atoms with E-state index in [0.717, 1.165) is 17.7 Å². The van der Waals surface area contributed by atoms with Crippen LogP contribution in [0.1, 0.15) is 12.0 Å². The van der Waals surface area contributed by atoms with Gasteiger partial charge in [-0.15, -0.1) is 0 Å². The minimum atomic E-state index is -0.0399. The first-order chi connectivity index (χ1) is 10.3. The summed E-state index contributed by atoms with van der Waals surface area (Å²) in [5.41, 5.74) is 1.94. The van der Waals surface area contributed by atoms with Crippen molar-refractivity contribution in [2.75, 3.05) is 18.1 Å². The standard InChI is InChI=1S/C17H18N2O2/c20-17(15-8-10-21-13-15)19(16-6-2-1-3-7-16)12-14-5-4-9-18-11-14/h1-7,9,11,15H,8,10,12-13H2/t15-/m1/s1. The first kappa shape index (κ1) is 13.8. The number of benzene rings is 1. The van der Waals surface area contributed by atoms with Gasteiger partial charge in [-0.05, 0) is 30.2 Å². The Labute approximate surface area is 124 Å². The van der Waals surface area contributed by atoms with Crippen molar-refractivity contribution in [3.8, 4) is 0 Å². The van der Waals surface area contributed by atoms with E-state index in [1.54, 1.807) is 12.4 Å². The maximum absolute atomic E-state index is 12.8. The summed E-state index contributed by atoms with van der Waals surface area (Å²) in [7, 11) is 0. The molecule has 1 aliphatic heterocycles. The molecule has 1 atom stereocenters. The first-order valence-corrected chi connectivity index (χ1v) is 7.17. The van der Waals surface area contributed by atoms with Gasteiger partial charge in [-0.3, -0.25) is 9.78 Å². The Hall–Kier alpha value is -2.20. The van der Waals surface area contributed by atoms with E-state index >= 15 is 0 Å². The zero-order chi connectivity index (χ0) is 14.5. The summed E-state index contributed by atoms with van der Waals surface area (Å²) in [6, 6.07) is 13.7. The second kappa shape index (κ2) is 6.50. The van der Waals surface area contributed by atoms with Crippen molar-refractivity contribution in [1.29, 1.82) is 0 Å². The van der Waals surface area contributed by atoms with Crippen molar-refractivity contribution >= 4 is 11.6 Å². The minimum Gasteiger partial charge on any atom is -0.381 e. The highest BCUT2D eigenvalue weighted by atomic mass is 16.5. The second-order valence-corrected chi connectivity index (χ2v) is 5.18. The molecule has 1 saturated heterocycles. The van der Waals surface area contributed by atoms with Crippen LogP contribution in [0.15, 0.2) is 54.9 Å². The summed E-state index contributed by atoms with van der Waals surface area (Å²) < 4.78 is 5.35. The molecule has 0 N–H and O–H groups in total. The van der Waals surface area contributed by atoms with Crippen LogP contribution in [0.5, 0.6) is 0 Å². The first-order valence-electron chi connectivity index (χ1n) is 7.17. The molecule has 21 heavy (non-hydrogen) atoms. The lowest BCUT2D eigenvalue weighted by Crippen LogP contribution is -2.36. The third-order valence-corrected chi connectivity index (χ3v) is 3.68. The van der Waals surface area contributed by atoms with Crippen molar-refractivity contribution in [3.63, 3.8) is 0 Å². The van der Waals surface area contributed by atoms with Gasteiger partial charge < -0.3 is 9.64 Å². The summed E-state index contributed by atoms with van der Waals surface area (Å²) >= 11 is 0. The van der Waals surface area contributed by atoms with Gasteiger partial charge in [-0.25, -0.2) is 0 Å². The number of anilines is 1. The third-order valence-electron chi connectivity index (χ3n) is 3.68. The van der Waals surface area contributed by atoms with Gasteiger partial charge in [0.15, 0.2) is 0 Å². The van der Waals surface area contributed by atoms with Gasteiger partial charge >= 0.3 is 0 Å². The summed E-state index contributed by atoms with van der Waals surface area (Å²) in [6.45, 7) is 1.73. The predicted molar refractivity (Wildman–Crippen MR) is 80.8 cm³/mol. The molecule has 1 aromatic carbocycles. The average molecular weight is 282 g/mol. The van der Waals surface area contributed by atoms with Crippen LogP contribution in [0.2, 0.25) is 0 Å². The van der Waals surface area contributed by atoms with Crippen LogP contribution in [0.3, 0.4) is 0 Å². The van der Waals surface area contributed by atoms with Crippen LogP contribution in [-0.4, -0.2) is 24.1 Å². The fourth-order valence-electron chi connectivity index (χ4n) is 2.53. The lowest BCUT2D eigenvalue weighted by molar-refractivity contribution is -0.122. The second-order valence-electron chi connectivity index (χ2n) is 5.18. The summed E-state index contributed by atoms with van der Waals surface area (Å²) in [6.07, 6.45) is 4.34. The smallest absolute Gasteiger partial charge is 0.232 e. The van der Waals surface area contributed by atoms with Gasteiger partial charge in [0.2, 0.25) is 5.91 Å². The maximum Gasteiger partial charge on any atom is 0.232 e. The van der Waals surface area contributed by atoms with Gasteiger partial charge in [0.25, 0.3) is 0 Å². The van der Waals surface area contributed by atoms with Crippen molar-refractivity contribution < 1.29 is 9.53 Å². The molecule has 3 rings (SSSR count). The van der Waals surface area contributed by atoms with Crippen molar-refractivity contribution in [1.82, 2.24) is 4.98 Å². The summed E-state index contributed by atoms with van der Waals surface area (Å²) in [4.78, 5) is 18.7. The Kier molecular flexibility index (Phi) is 4.26. The maximum atomic E-state index is 12.8. The average Bonchev–Trinajstić information content (AvgIpc) is 3.08. The van der Waals surface area contributed by atoms with E-state index in [4.69, 9.17) is 4.74 Å². The number of hydrogen-bond acceptors (Lipinski definition) is 3. The Bertz CT molecular complexity index is 580. The number of carbonyl (C=O) groups is 1. The fourth-order valence-corrected chi connectivity index (χ4v) is 2.53. The number of para-hydroxylation sites is 1. The lowest BCUT2D eigenvalue weighted by atomic mass is 10.1. The monoisotopic (exact) mass is 282 g/mol. The molecule has 1 fully saturated rings. The minimum absolute atomic E-state index is 0.0399. The van der Waals surface area contributed by atoms with Crippen molar-refractivity contribution in [2.24, 2.45) is 5.92 Å². The molecule has 0 unspecified atom stereocenters. The van der Waals surface area contributed by atoms with E-state index in [1.165, 1.54) is 0 Å². The fraction of sp³-hybridized carbons (Fsp3) is 0.294. The molecule has 0 bridgehead atoms. The molecule has 0 saturated carbocycles. The highest BCUT2D eigenvalue weighted by Gasteiger charge is 2.28. The molecule has 1 aromatic heterocycles. The number of rotatable bonds is 4. The van der Waals surface area contributed by atoms with E-state index in [1.807, 2.05) is 47.4 Å². The molecule has 2 heterocycles. The van der Waals surface area contributed by atoms with Gasteiger partial charge in [0, 0.05) is 24.7 Å². The number of ether oxygens (including phenoxy) is 1.